The van der Waals surface area contributed by atoms with Crippen LogP contribution in [-0.4, -0.2) is 0 Å². The molecule has 0 unspecified atom stereocenters. The molecule has 0 radical (unpaired) electrons. The highest BCUT2D eigenvalue weighted by atomic mass is 32.1. The van der Waals surface area contributed by atoms with Gasteiger partial charge in [0.15, 0.2) is 0 Å². The lowest BCUT2D eigenvalue weighted by Crippen LogP contribution is -2.28. The van der Waals surface area contributed by atoms with Gasteiger partial charge < -0.3 is 9.32 Å². The third-order valence-electron chi connectivity index (χ3n) is 13.3. The predicted octanol–water partition coefficient (Wildman–Crippen LogP) is 17.1. The van der Waals surface area contributed by atoms with Crippen LogP contribution in [-0.2, 0) is 5.41 Å². The predicted molar refractivity (Wildman–Crippen MR) is 269 cm³/mol. The van der Waals surface area contributed by atoms with Gasteiger partial charge in [0, 0.05) is 53.6 Å². The number of benzene rings is 10. The largest absolute Gasteiger partial charge is 0.455 e. The fourth-order valence-corrected chi connectivity index (χ4v) is 11.8. The van der Waals surface area contributed by atoms with Crippen molar-refractivity contribution in [2.45, 2.75) is 5.41 Å². The molecule has 300 valence electrons. The summed E-state index contributed by atoms with van der Waals surface area (Å²) in [7, 11) is 0. The van der Waals surface area contributed by atoms with Gasteiger partial charge in [-0.25, -0.2) is 0 Å². The van der Waals surface area contributed by atoms with E-state index in [0.717, 1.165) is 44.6 Å². The summed E-state index contributed by atoms with van der Waals surface area (Å²) in [6, 6.07) is 86.4. The number of thiophene rings is 1. The summed E-state index contributed by atoms with van der Waals surface area (Å²) in [6.45, 7) is 0. The summed E-state index contributed by atoms with van der Waals surface area (Å²) in [4.78, 5) is 2.40. The van der Waals surface area contributed by atoms with Crippen molar-refractivity contribution in [2.75, 3.05) is 4.90 Å². The van der Waals surface area contributed by atoms with Gasteiger partial charge in [-0.1, -0.05) is 176 Å². The van der Waals surface area contributed by atoms with Crippen molar-refractivity contribution in [2.24, 2.45) is 0 Å². The zero-order valence-electron chi connectivity index (χ0n) is 34.8. The van der Waals surface area contributed by atoms with E-state index in [4.69, 9.17) is 4.42 Å². The van der Waals surface area contributed by atoms with Crippen LogP contribution in [0.4, 0.5) is 17.1 Å². The molecule has 0 amide bonds. The molecule has 0 fully saturated rings. The lowest BCUT2D eigenvalue weighted by molar-refractivity contribution is 0.673. The zero-order chi connectivity index (χ0) is 42.2. The van der Waals surface area contributed by atoms with Gasteiger partial charge in [0.1, 0.15) is 11.2 Å². The van der Waals surface area contributed by atoms with E-state index in [1.54, 1.807) is 0 Å². The first-order chi connectivity index (χ1) is 31.7. The molecule has 10 aromatic carbocycles. The molecule has 2 heterocycles. The van der Waals surface area contributed by atoms with E-state index in [2.05, 4.69) is 241 Å². The fourth-order valence-electron chi connectivity index (χ4n) is 10.5. The number of rotatable bonds is 7. The van der Waals surface area contributed by atoms with Crippen molar-refractivity contribution in [3.63, 3.8) is 0 Å². The molecule has 2 nitrogen and oxygen atoms in total. The second kappa shape index (κ2) is 14.6. The summed E-state index contributed by atoms with van der Waals surface area (Å²) >= 11 is 1.85. The number of anilines is 3. The molecule has 0 saturated heterocycles. The van der Waals surface area contributed by atoms with Gasteiger partial charge in [-0.15, -0.1) is 11.3 Å². The summed E-state index contributed by atoms with van der Waals surface area (Å²) in [6.07, 6.45) is 0. The van der Waals surface area contributed by atoms with E-state index < -0.39 is 5.41 Å². The topological polar surface area (TPSA) is 16.4 Å². The van der Waals surface area contributed by atoms with Crippen LogP contribution >= 0.6 is 11.3 Å². The van der Waals surface area contributed by atoms with Crippen molar-refractivity contribution in [3.8, 4) is 33.4 Å². The van der Waals surface area contributed by atoms with Gasteiger partial charge in [0.2, 0.25) is 0 Å². The first-order valence-corrected chi connectivity index (χ1v) is 22.7. The molecule has 2 aromatic heterocycles. The monoisotopic (exact) mass is 833 g/mol. The highest BCUT2D eigenvalue weighted by Crippen LogP contribution is 2.57. The fraction of sp³-hybridized carbons (Fsp3) is 0.0164. The van der Waals surface area contributed by atoms with Crippen molar-refractivity contribution in [3.05, 3.63) is 259 Å². The molecule has 13 rings (SSSR count). The van der Waals surface area contributed by atoms with Gasteiger partial charge >= 0.3 is 0 Å². The molecule has 0 spiro atoms. The molecule has 1 aliphatic carbocycles. The number of fused-ring (bicyclic) bond motifs is 10. The highest BCUT2D eigenvalue weighted by molar-refractivity contribution is 7.26. The molecule has 1 aliphatic rings. The average molecular weight is 834 g/mol. The SMILES string of the molecule is c1ccc(N(c2ccc(-c3cccc(-c4cc5c6ccccc6oc5c5c4sc4ccccc45)c3)cc2)c2ccc3c(c2)C(c2ccccc2)(c2ccccc2)c2ccccc2-3)cc1. The Hall–Kier alpha value is -7.98. The van der Waals surface area contributed by atoms with Crippen LogP contribution in [0.1, 0.15) is 22.3 Å². The molecular weight excluding hydrogens is 795 g/mol. The minimum absolute atomic E-state index is 0.488. The molecule has 3 heteroatoms. The maximum Gasteiger partial charge on any atom is 0.144 e. The van der Waals surface area contributed by atoms with Gasteiger partial charge in [0.05, 0.1) is 5.41 Å². The van der Waals surface area contributed by atoms with E-state index >= 15 is 0 Å². The number of para-hydroxylation sites is 2. The van der Waals surface area contributed by atoms with Crippen molar-refractivity contribution in [1.29, 1.82) is 0 Å². The first kappa shape index (κ1) is 36.7. The third kappa shape index (κ3) is 5.51. The number of furan rings is 1. The van der Waals surface area contributed by atoms with Crippen molar-refractivity contribution < 1.29 is 4.42 Å². The molecule has 12 aromatic rings. The van der Waals surface area contributed by atoms with E-state index in [1.807, 2.05) is 11.3 Å². The van der Waals surface area contributed by atoms with E-state index in [9.17, 15) is 0 Å². The average Bonchev–Trinajstić information content (AvgIpc) is 4.03. The van der Waals surface area contributed by atoms with E-state index in [0.29, 0.717) is 0 Å². The molecule has 0 aliphatic heterocycles. The number of hydrogen-bond donors (Lipinski definition) is 0. The Morgan fingerprint density at radius 2 is 0.984 bits per heavy atom. The second-order valence-electron chi connectivity index (χ2n) is 16.8. The lowest BCUT2D eigenvalue weighted by atomic mass is 9.67. The van der Waals surface area contributed by atoms with Crippen LogP contribution in [0.3, 0.4) is 0 Å². The van der Waals surface area contributed by atoms with Crippen LogP contribution in [0.15, 0.2) is 241 Å². The van der Waals surface area contributed by atoms with Crippen LogP contribution in [0, 0.1) is 0 Å². The van der Waals surface area contributed by atoms with Crippen molar-refractivity contribution in [1.82, 2.24) is 0 Å². The highest BCUT2D eigenvalue weighted by Gasteiger charge is 2.46. The van der Waals surface area contributed by atoms with Crippen molar-refractivity contribution >= 4 is 70.5 Å². The smallest absolute Gasteiger partial charge is 0.144 e. The molecule has 0 saturated carbocycles. The third-order valence-corrected chi connectivity index (χ3v) is 14.5. The standard InChI is InChI=1S/C61H39NOS/c1-4-19-43(20-5-1)61(44-21-6-2-7-22-44)54-28-13-10-25-48(54)49-36-35-47(38-55(49)61)62(45-23-8-3-9-24-45)46-33-31-40(32-34-46)41-17-16-18-42(37-41)52-39-53-50-26-11-14-29-56(50)63-59(53)58-51-27-12-15-30-57(51)64-60(52)58/h1-39H. The van der Waals surface area contributed by atoms with Gasteiger partial charge in [-0.3, -0.25) is 0 Å². The second-order valence-corrected chi connectivity index (χ2v) is 17.8. The number of hydrogen-bond acceptors (Lipinski definition) is 3. The Labute approximate surface area is 375 Å². The lowest BCUT2D eigenvalue weighted by Gasteiger charge is -2.35. The maximum absolute atomic E-state index is 6.60. The Bertz CT molecular complexity index is 3680. The summed E-state index contributed by atoms with van der Waals surface area (Å²) in [5.74, 6) is 0. The molecule has 0 atom stereocenters. The maximum atomic E-state index is 6.60. The summed E-state index contributed by atoms with van der Waals surface area (Å²) in [5.41, 5.74) is 17.1. The Morgan fingerprint density at radius 1 is 0.375 bits per heavy atom. The number of nitrogens with zero attached hydrogens (tertiary/aromatic N) is 1. The van der Waals surface area contributed by atoms with Crippen LogP contribution < -0.4 is 4.90 Å². The Balaban J connectivity index is 0.940. The van der Waals surface area contributed by atoms with E-state index in [-0.39, 0.29) is 0 Å². The first-order valence-electron chi connectivity index (χ1n) is 21.9. The molecule has 64 heavy (non-hydrogen) atoms. The van der Waals surface area contributed by atoms with Gasteiger partial charge in [-0.05, 0) is 111 Å². The summed E-state index contributed by atoms with van der Waals surface area (Å²) < 4.78 is 9.11. The molecular formula is C61H39NOS. The van der Waals surface area contributed by atoms with Gasteiger partial charge in [0.25, 0.3) is 0 Å². The Morgan fingerprint density at radius 3 is 1.77 bits per heavy atom. The molecule has 0 N–H and O–H groups in total. The molecule has 0 bridgehead atoms. The van der Waals surface area contributed by atoms with Gasteiger partial charge in [-0.2, -0.15) is 0 Å². The summed E-state index contributed by atoms with van der Waals surface area (Å²) in [5, 5.41) is 4.73. The quantitative estimate of drug-likeness (QED) is 0.159. The normalized spacial score (nSPS) is 12.8. The van der Waals surface area contributed by atoms with Crippen LogP contribution in [0.25, 0.3) is 75.5 Å². The zero-order valence-corrected chi connectivity index (χ0v) is 35.6. The Kier molecular flexibility index (Phi) is 8.34. The minimum Gasteiger partial charge on any atom is -0.455 e. The van der Waals surface area contributed by atoms with Crippen LogP contribution in [0.5, 0.6) is 0 Å². The van der Waals surface area contributed by atoms with E-state index in [1.165, 1.54) is 70.2 Å². The minimum atomic E-state index is -0.488. The van der Waals surface area contributed by atoms with Crippen LogP contribution in [0.2, 0.25) is 0 Å².